The summed E-state index contributed by atoms with van der Waals surface area (Å²) in [5.41, 5.74) is 8.56. The molecule has 17 nitrogen and oxygen atoms in total. The molecule has 2 aliphatic rings. The lowest BCUT2D eigenvalue weighted by molar-refractivity contribution is -0.161. The third-order valence-corrected chi connectivity index (χ3v) is 6.81. The summed E-state index contributed by atoms with van der Waals surface area (Å²) in [5.74, 6) is -3.68. The number of nitrogens with zero attached hydrogens (tertiary/aromatic N) is 4. The number of anilines is 1. The Morgan fingerprint density at radius 2 is 2.08 bits per heavy atom. The Kier molecular flexibility index (Phi) is 7.39. The summed E-state index contributed by atoms with van der Waals surface area (Å²) in [4.78, 5) is 58.9. The fourth-order valence-corrected chi connectivity index (χ4v) is 4.64. The minimum Gasteiger partial charge on any atom is -0.478 e. The van der Waals surface area contributed by atoms with Crippen LogP contribution in [0.1, 0.15) is 19.5 Å². The molecule has 3 heterocycles. The number of hydrogen-bond acceptors (Lipinski definition) is 13. The minimum atomic E-state index is -5.04. The molecule has 7 N–H and O–H groups in total. The molecule has 198 valence electrons. The summed E-state index contributed by atoms with van der Waals surface area (Å²) in [6, 6.07) is -2.93. The number of carboxylic acid groups (broad SMARTS) is 1. The highest BCUT2D eigenvalue weighted by Gasteiger charge is 2.55. The van der Waals surface area contributed by atoms with Gasteiger partial charge in [0.25, 0.3) is 11.8 Å². The molecule has 3 rings (SSSR count). The van der Waals surface area contributed by atoms with Crippen molar-refractivity contribution in [1.82, 2.24) is 19.5 Å². The number of nitrogen functional groups attached to an aromatic ring is 1. The molecule has 3 amide bonds. The Bertz CT molecular complexity index is 1210. The zero-order valence-electron chi connectivity index (χ0n) is 18.9. The van der Waals surface area contributed by atoms with Crippen molar-refractivity contribution >= 4 is 56.4 Å². The molecule has 0 bridgehead atoms. The van der Waals surface area contributed by atoms with Gasteiger partial charge in [0.1, 0.15) is 17.8 Å². The zero-order valence-corrected chi connectivity index (χ0v) is 20.5. The molecule has 2 fully saturated rings. The molecular weight excluding hydrogens is 526 g/mol. The smallest absolute Gasteiger partial charge is 0.410 e. The molecule has 0 saturated carbocycles. The van der Waals surface area contributed by atoms with Gasteiger partial charge in [-0.05, 0) is 13.8 Å². The van der Waals surface area contributed by atoms with E-state index in [1.165, 1.54) is 19.2 Å². The summed E-state index contributed by atoms with van der Waals surface area (Å²) in [6.45, 7) is 1.90. The number of aromatic nitrogens is 1. The Labute approximate surface area is 207 Å². The highest BCUT2D eigenvalue weighted by atomic mass is 32.2. The van der Waals surface area contributed by atoms with Gasteiger partial charge >= 0.3 is 22.4 Å². The number of carboxylic acids is 1. The lowest BCUT2D eigenvalue weighted by atomic mass is 9.97. The monoisotopic (exact) mass is 549 g/mol. The van der Waals surface area contributed by atoms with Crippen LogP contribution in [-0.4, -0.2) is 105 Å². The average Bonchev–Trinajstić information content (AvgIpc) is 3.35. The van der Waals surface area contributed by atoms with E-state index >= 15 is 0 Å². The van der Waals surface area contributed by atoms with Gasteiger partial charge in [-0.3, -0.25) is 14.1 Å². The average molecular weight is 550 g/mol. The first kappa shape index (κ1) is 27.0. The van der Waals surface area contributed by atoms with Crippen LogP contribution in [0.5, 0.6) is 0 Å². The first-order valence-electron chi connectivity index (χ1n) is 10.1. The van der Waals surface area contributed by atoms with E-state index in [-0.39, 0.29) is 28.2 Å². The molecular formula is C17H23N7O10S2. The lowest BCUT2D eigenvalue weighted by Crippen LogP contribution is -2.74. The SMILES string of the molecule is CC(C)(O/N=C(/C(=O)N[C@@H]1C(=O)N(S(=O)(=O)O)[C@@H]1CN1C[C@@H](CN)OC1=O)c1csc(N)n1)C(=O)O. The van der Waals surface area contributed by atoms with Crippen molar-refractivity contribution in [2.24, 2.45) is 10.9 Å². The molecule has 19 heteroatoms. The molecule has 1 aromatic heterocycles. The number of ether oxygens (including phenoxy) is 1. The van der Waals surface area contributed by atoms with Crippen LogP contribution in [0.2, 0.25) is 0 Å². The van der Waals surface area contributed by atoms with Crippen LogP contribution in [0.25, 0.3) is 0 Å². The molecule has 2 aliphatic heterocycles. The predicted molar refractivity (Wildman–Crippen MR) is 121 cm³/mol. The third-order valence-electron chi connectivity index (χ3n) is 5.18. The lowest BCUT2D eigenvalue weighted by Gasteiger charge is -2.45. The maximum atomic E-state index is 13.0. The number of thiazole rings is 1. The fraction of sp³-hybridized carbons (Fsp3) is 0.529. The highest BCUT2D eigenvalue weighted by Crippen LogP contribution is 2.26. The van der Waals surface area contributed by atoms with Crippen LogP contribution in [-0.2, 0) is 34.3 Å². The molecule has 36 heavy (non-hydrogen) atoms. The number of cyclic esters (lactones) is 1. The molecule has 0 radical (unpaired) electrons. The largest absolute Gasteiger partial charge is 0.478 e. The number of carbonyl (C=O) groups is 4. The Morgan fingerprint density at radius 3 is 2.58 bits per heavy atom. The van der Waals surface area contributed by atoms with E-state index in [1.54, 1.807) is 0 Å². The van der Waals surface area contributed by atoms with E-state index in [4.69, 9.17) is 21.0 Å². The number of amides is 3. The Balaban J connectivity index is 1.86. The number of aliphatic carboxylic acids is 1. The summed E-state index contributed by atoms with van der Waals surface area (Å²) in [7, 11) is -5.04. The molecule has 0 spiro atoms. The number of nitrogens with two attached hydrogens (primary N) is 2. The van der Waals surface area contributed by atoms with E-state index in [1.807, 2.05) is 0 Å². The number of β-lactam (4-membered cyclic amide) rings is 1. The van der Waals surface area contributed by atoms with Crippen LogP contribution in [0.4, 0.5) is 9.93 Å². The second-order valence-electron chi connectivity index (χ2n) is 8.19. The van der Waals surface area contributed by atoms with Crippen molar-refractivity contribution in [3.63, 3.8) is 0 Å². The van der Waals surface area contributed by atoms with Gasteiger partial charge in [-0.1, -0.05) is 5.16 Å². The van der Waals surface area contributed by atoms with Crippen LogP contribution < -0.4 is 16.8 Å². The van der Waals surface area contributed by atoms with Gasteiger partial charge in [0.2, 0.25) is 5.60 Å². The molecule has 3 atom stereocenters. The standard InChI is InChI=1S/C17H23N7O10S2/c1-17(2,14(27)28)34-22-10(8-6-35-15(19)20-8)12(25)21-11-9(24(13(11)26)36(30,31)32)5-23-4-7(3-18)33-16(23)29/h6-7,9,11H,3-5,18H2,1-2H3,(H2,19,20)(H,21,25)(H,27,28)(H,30,31,32)/b22-10+/t7-,9-,11+/m1/s1. The van der Waals surface area contributed by atoms with Crippen LogP contribution >= 0.6 is 11.3 Å². The summed E-state index contributed by atoms with van der Waals surface area (Å²) >= 11 is 0.935. The number of hydrogen-bond donors (Lipinski definition) is 5. The van der Waals surface area contributed by atoms with E-state index in [2.05, 4.69) is 15.5 Å². The number of carbonyl (C=O) groups excluding carboxylic acids is 3. The van der Waals surface area contributed by atoms with E-state index in [0.717, 1.165) is 16.2 Å². The van der Waals surface area contributed by atoms with E-state index in [9.17, 15) is 37.3 Å². The van der Waals surface area contributed by atoms with Gasteiger partial charge in [-0.2, -0.15) is 8.42 Å². The van der Waals surface area contributed by atoms with Gasteiger partial charge in [0, 0.05) is 18.5 Å². The maximum Gasteiger partial charge on any atom is 0.410 e. The van der Waals surface area contributed by atoms with Crippen molar-refractivity contribution in [3.05, 3.63) is 11.1 Å². The minimum absolute atomic E-state index is 0.00268. The van der Waals surface area contributed by atoms with Gasteiger partial charge in [0.15, 0.2) is 10.8 Å². The topological polar surface area (TPSA) is 257 Å². The molecule has 0 aromatic carbocycles. The number of rotatable bonds is 10. The maximum absolute atomic E-state index is 13.0. The number of nitrogens with one attached hydrogen (secondary N) is 1. The second kappa shape index (κ2) is 9.84. The number of oxime groups is 1. The Hall–Kier alpha value is -3.55. The summed E-state index contributed by atoms with van der Waals surface area (Å²) in [6.07, 6.45) is -1.49. The second-order valence-corrected chi connectivity index (χ2v) is 10.4. The molecule has 0 aliphatic carbocycles. The van der Waals surface area contributed by atoms with Crippen molar-refractivity contribution < 1.29 is 46.8 Å². The fourth-order valence-electron chi connectivity index (χ4n) is 3.22. The highest BCUT2D eigenvalue weighted by molar-refractivity contribution is 7.84. The van der Waals surface area contributed by atoms with Crippen molar-refractivity contribution in [1.29, 1.82) is 0 Å². The van der Waals surface area contributed by atoms with Crippen molar-refractivity contribution in [2.45, 2.75) is 37.6 Å². The van der Waals surface area contributed by atoms with Gasteiger partial charge in [-0.15, -0.1) is 11.3 Å². The molecule has 0 unspecified atom stereocenters. The first-order valence-corrected chi connectivity index (χ1v) is 12.4. The normalized spacial score (nSPS) is 22.8. The van der Waals surface area contributed by atoms with Gasteiger partial charge in [0.05, 0.1) is 12.6 Å². The van der Waals surface area contributed by atoms with Gasteiger partial charge in [-0.25, -0.2) is 18.9 Å². The van der Waals surface area contributed by atoms with E-state index < -0.39 is 70.2 Å². The van der Waals surface area contributed by atoms with Gasteiger partial charge < -0.3 is 36.4 Å². The van der Waals surface area contributed by atoms with E-state index in [0.29, 0.717) is 0 Å². The van der Waals surface area contributed by atoms with Crippen molar-refractivity contribution in [3.8, 4) is 0 Å². The zero-order chi connectivity index (χ0) is 27.0. The first-order chi connectivity index (χ1) is 16.7. The van der Waals surface area contributed by atoms with Crippen LogP contribution in [0.3, 0.4) is 0 Å². The quantitative estimate of drug-likeness (QED) is 0.0882. The van der Waals surface area contributed by atoms with Crippen LogP contribution in [0.15, 0.2) is 10.5 Å². The van der Waals surface area contributed by atoms with Crippen LogP contribution in [0, 0.1) is 0 Å². The summed E-state index contributed by atoms with van der Waals surface area (Å²) < 4.78 is 38.1. The van der Waals surface area contributed by atoms with Crippen molar-refractivity contribution in [2.75, 3.05) is 25.4 Å². The summed E-state index contributed by atoms with van der Waals surface area (Å²) in [5, 5.41) is 16.4. The predicted octanol–water partition coefficient (Wildman–Crippen LogP) is -2.41. The molecule has 2 saturated heterocycles. The molecule has 1 aromatic rings. The third kappa shape index (κ3) is 5.48. The Morgan fingerprint density at radius 1 is 1.42 bits per heavy atom.